The number of alkyl halides is 1. The van der Waals surface area contributed by atoms with E-state index in [0.717, 1.165) is 12.1 Å². The van der Waals surface area contributed by atoms with Gasteiger partial charge in [-0.2, -0.15) is 5.10 Å². The maximum Gasteiger partial charge on any atom is 0.234 e. The molecular weight excluding hydrogens is 270 g/mol. The molecule has 0 aliphatic rings. The van der Waals surface area contributed by atoms with Crippen LogP contribution in [0, 0.1) is 5.92 Å². The maximum absolute atomic E-state index is 11.6. The number of rotatable bonds is 5. The van der Waals surface area contributed by atoms with E-state index >= 15 is 0 Å². The Hall–Kier alpha value is -0.840. The Labute approximate surface area is 105 Å². The normalized spacial score (nSPS) is 12.8. The fraction of sp³-hybridized carbons (Fsp3) is 0.636. The fourth-order valence-corrected chi connectivity index (χ4v) is 1.52. The molecule has 16 heavy (non-hydrogen) atoms. The van der Waals surface area contributed by atoms with Crippen molar-refractivity contribution >= 4 is 21.8 Å². The minimum absolute atomic E-state index is 0.0529. The highest BCUT2D eigenvalue weighted by molar-refractivity contribution is 9.10. The summed E-state index contributed by atoms with van der Waals surface area (Å²) >= 11 is 3.37. The number of carbonyl (C=O) groups excluding carboxylic acids is 1. The van der Waals surface area contributed by atoms with Crippen molar-refractivity contribution < 1.29 is 4.79 Å². The Bertz CT molecular complexity index is 349. The summed E-state index contributed by atoms with van der Waals surface area (Å²) in [6.07, 6.45) is 2.57. The number of aromatic nitrogens is 2. The molecule has 1 unspecified atom stereocenters. The lowest BCUT2D eigenvalue weighted by atomic mass is 10.1. The predicted octanol–water partition coefficient (Wildman–Crippen LogP) is 1.50. The number of amides is 1. The van der Waals surface area contributed by atoms with E-state index in [1.54, 1.807) is 6.20 Å². The first kappa shape index (κ1) is 13.2. The lowest BCUT2D eigenvalue weighted by molar-refractivity contribution is -0.121. The van der Waals surface area contributed by atoms with E-state index in [-0.39, 0.29) is 10.7 Å². The summed E-state index contributed by atoms with van der Waals surface area (Å²) in [7, 11) is 1.90. The molecule has 0 aliphatic carbocycles. The molecule has 1 N–H and O–H groups in total. The van der Waals surface area contributed by atoms with Crippen molar-refractivity contribution in [3.8, 4) is 0 Å². The van der Waals surface area contributed by atoms with Crippen molar-refractivity contribution in [1.29, 1.82) is 0 Å². The minimum Gasteiger partial charge on any atom is -0.355 e. The van der Waals surface area contributed by atoms with Crippen molar-refractivity contribution in [2.75, 3.05) is 6.54 Å². The van der Waals surface area contributed by atoms with Crippen LogP contribution in [0.5, 0.6) is 0 Å². The first-order valence-electron chi connectivity index (χ1n) is 5.41. The minimum atomic E-state index is -0.112. The molecule has 0 radical (unpaired) electrons. The van der Waals surface area contributed by atoms with Crippen molar-refractivity contribution in [2.45, 2.75) is 25.1 Å². The van der Waals surface area contributed by atoms with Gasteiger partial charge in [-0.1, -0.05) is 29.8 Å². The number of nitrogens with zero attached hydrogens (tertiary/aromatic N) is 2. The van der Waals surface area contributed by atoms with Gasteiger partial charge in [-0.25, -0.2) is 0 Å². The molecular formula is C11H18BrN3O. The summed E-state index contributed by atoms with van der Waals surface area (Å²) in [4.78, 5) is 11.5. The van der Waals surface area contributed by atoms with Crippen LogP contribution >= 0.6 is 15.9 Å². The van der Waals surface area contributed by atoms with Crippen LogP contribution < -0.4 is 5.32 Å². The third-order valence-electron chi connectivity index (χ3n) is 2.44. The van der Waals surface area contributed by atoms with Gasteiger partial charge in [-0.3, -0.25) is 9.48 Å². The topological polar surface area (TPSA) is 46.9 Å². The molecule has 0 bridgehead atoms. The molecule has 1 aromatic rings. The summed E-state index contributed by atoms with van der Waals surface area (Å²) < 4.78 is 1.82. The van der Waals surface area contributed by atoms with Gasteiger partial charge in [0.25, 0.3) is 0 Å². The van der Waals surface area contributed by atoms with Crippen LogP contribution in [0.2, 0.25) is 0 Å². The van der Waals surface area contributed by atoms with E-state index in [1.807, 2.05) is 31.6 Å². The van der Waals surface area contributed by atoms with Gasteiger partial charge in [0.05, 0.1) is 4.83 Å². The molecule has 90 valence electrons. The first-order valence-corrected chi connectivity index (χ1v) is 6.32. The van der Waals surface area contributed by atoms with Crippen molar-refractivity contribution in [3.63, 3.8) is 0 Å². The Morgan fingerprint density at radius 2 is 2.31 bits per heavy atom. The lowest BCUT2D eigenvalue weighted by Gasteiger charge is -2.13. The summed E-state index contributed by atoms with van der Waals surface area (Å²) in [6, 6.07) is 1.96. The van der Waals surface area contributed by atoms with Gasteiger partial charge in [0.2, 0.25) is 5.91 Å². The van der Waals surface area contributed by atoms with E-state index in [1.165, 1.54) is 0 Å². The van der Waals surface area contributed by atoms with Gasteiger partial charge in [0.1, 0.15) is 0 Å². The SMILES string of the molecule is CC(C)C(Br)C(=O)NCCc1ccnn1C. The van der Waals surface area contributed by atoms with Gasteiger partial charge in [-0.05, 0) is 12.0 Å². The second-order valence-corrected chi connectivity index (χ2v) is 5.12. The second kappa shape index (κ2) is 6.03. The second-order valence-electron chi connectivity index (χ2n) is 4.13. The molecule has 0 saturated carbocycles. The van der Waals surface area contributed by atoms with E-state index in [4.69, 9.17) is 0 Å². The van der Waals surface area contributed by atoms with Crippen molar-refractivity contribution in [1.82, 2.24) is 15.1 Å². The molecule has 5 heteroatoms. The Kier molecular flexibility index (Phi) is 4.99. The number of halogens is 1. The van der Waals surface area contributed by atoms with Crippen LogP contribution in [0.15, 0.2) is 12.3 Å². The van der Waals surface area contributed by atoms with E-state index < -0.39 is 0 Å². The number of nitrogens with one attached hydrogen (secondary N) is 1. The molecule has 4 nitrogen and oxygen atoms in total. The quantitative estimate of drug-likeness (QED) is 0.835. The van der Waals surface area contributed by atoms with E-state index in [2.05, 4.69) is 26.3 Å². The zero-order chi connectivity index (χ0) is 12.1. The highest BCUT2D eigenvalue weighted by Gasteiger charge is 2.17. The smallest absolute Gasteiger partial charge is 0.234 e. The Morgan fingerprint density at radius 3 is 2.81 bits per heavy atom. The Balaban J connectivity index is 2.31. The molecule has 1 aromatic heterocycles. The van der Waals surface area contributed by atoms with E-state index in [9.17, 15) is 4.79 Å². The van der Waals surface area contributed by atoms with Gasteiger partial charge in [-0.15, -0.1) is 0 Å². The number of hydrogen-bond acceptors (Lipinski definition) is 2. The molecule has 1 amide bonds. The van der Waals surface area contributed by atoms with Crippen LogP contribution in [0.4, 0.5) is 0 Å². The van der Waals surface area contributed by atoms with Gasteiger partial charge in [0.15, 0.2) is 0 Å². The summed E-state index contributed by atoms with van der Waals surface area (Å²) in [5, 5.41) is 6.97. The number of hydrogen-bond donors (Lipinski definition) is 1. The zero-order valence-corrected chi connectivity index (χ0v) is 11.5. The average Bonchev–Trinajstić information content (AvgIpc) is 2.63. The zero-order valence-electron chi connectivity index (χ0n) is 9.90. The van der Waals surface area contributed by atoms with E-state index in [0.29, 0.717) is 12.5 Å². The predicted molar refractivity (Wildman–Crippen MR) is 67.5 cm³/mol. The standard InChI is InChI=1S/C11H18BrN3O/c1-8(2)10(12)11(16)13-6-4-9-5-7-14-15(9)3/h5,7-8,10H,4,6H2,1-3H3,(H,13,16). The summed E-state index contributed by atoms with van der Waals surface area (Å²) in [5.41, 5.74) is 1.12. The van der Waals surface area contributed by atoms with Crippen LogP contribution in [-0.2, 0) is 18.3 Å². The van der Waals surface area contributed by atoms with Gasteiger partial charge < -0.3 is 5.32 Å². The maximum atomic E-state index is 11.6. The first-order chi connectivity index (χ1) is 7.52. The third-order valence-corrected chi connectivity index (χ3v) is 3.91. The van der Waals surface area contributed by atoms with Crippen LogP contribution in [0.1, 0.15) is 19.5 Å². The molecule has 0 aliphatic heterocycles. The largest absolute Gasteiger partial charge is 0.355 e. The van der Waals surface area contributed by atoms with Crippen molar-refractivity contribution in [2.24, 2.45) is 13.0 Å². The van der Waals surface area contributed by atoms with Gasteiger partial charge >= 0.3 is 0 Å². The average molecular weight is 288 g/mol. The van der Waals surface area contributed by atoms with Crippen LogP contribution in [0.3, 0.4) is 0 Å². The monoisotopic (exact) mass is 287 g/mol. The van der Waals surface area contributed by atoms with Crippen LogP contribution in [0.25, 0.3) is 0 Å². The highest BCUT2D eigenvalue weighted by atomic mass is 79.9. The number of carbonyl (C=O) groups is 1. The third kappa shape index (κ3) is 3.63. The fourth-order valence-electron chi connectivity index (χ4n) is 1.36. The summed E-state index contributed by atoms with van der Waals surface area (Å²) in [6.45, 7) is 4.67. The van der Waals surface area contributed by atoms with Gasteiger partial charge in [0, 0.05) is 31.9 Å². The molecule has 1 atom stereocenters. The number of aryl methyl sites for hydroxylation is 1. The molecule has 0 aromatic carbocycles. The molecule has 0 saturated heterocycles. The Morgan fingerprint density at radius 1 is 1.62 bits per heavy atom. The molecule has 1 heterocycles. The molecule has 0 fully saturated rings. The van der Waals surface area contributed by atoms with Crippen molar-refractivity contribution in [3.05, 3.63) is 18.0 Å². The molecule has 0 spiro atoms. The summed E-state index contributed by atoms with van der Waals surface area (Å²) in [5.74, 6) is 0.355. The highest BCUT2D eigenvalue weighted by Crippen LogP contribution is 2.11. The molecule has 1 rings (SSSR count). The lowest BCUT2D eigenvalue weighted by Crippen LogP contribution is -2.35. The van der Waals surface area contributed by atoms with Crippen LogP contribution in [-0.4, -0.2) is 27.1 Å².